The lowest BCUT2D eigenvalue weighted by molar-refractivity contribution is -0.384. The molecule has 1 N–H and O–H groups in total. The van der Waals surface area contributed by atoms with Crippen LogP contribution in [-0.4, -0.2) is 35.0 Å². The lowest BCUT2D eigenvalue weighted by atomic mass is 9.94. The van der Waals surface area contributed by atoms with Crippen molar-refractivity contribution >= 4 is 17.7 Å². The highest BCUT2D eigenvalue weighted by Gasteiger charge is 2.36. The first-order valence-electron chi connectivity index (χ1n) is 9.59. The molecular formula is C20H25N3O5. The van der Waals surface area contributed by atoms with Gasteiger partial charge in [0, 0.05) is 24.9 Å². The maximum absolute atomic E-state index is 13.0. The van der Waals surface area contributed by atoms with Gasteiger partial charge >= 0.3 is 12.0 Å². The van der Waals surface area contributed by atoms with Crippen molar-refractivity contribution in [1.29, 1.82) is 0 Å². The Morgan fingerprint density at radius 2 is 1.79 bits per heavy atom. The predicted molar refractivity (Wildman–Crippen MR) is 102 cm³/mol. The molecular weight excluding hydrogens is 362 g/mol. The quantitative estimate of drug-likeness (QED) is 0.366. The first-order valence-corrected chi connectivity index (χ1v) is 9.59. The van der Waals surface area contributed by atoms with Gasteiger partial charge in [0.2, 0.25) is 0 Å². The summed E-state index contributed by atoms with van der Waals surface area (Å²) >= 11 is 0. The third-order valence-corrected chi connectivity index (χ3v) is 5.49. The van der Waals surface area contributed by atoms with Crippen LogP contribution in [0.2, 0.25) is 0 Å². The summed E-state index contributed by atoms with van der Waals surface area (Å²) < 4.78 is 5.80. The van der Waals surface area contributed by atoms with Crippen LogP contribution in [0.3, 0.4) is 0 Å². The van der Waals surface area contributed by atoms with E-state index in [9.17, 15) is 19.7 Å². The van der Waals surface area contributed by atoms with Gasteiger partial charge < -0.3 is 15.0 Å². The zero-order valence-electron chi connectivity index (χ0n) is 16.1. The molecule has 2 aliphatic rings. The van der Waals surface area contributed by atoms with E-state index in [2.05, 4.69) is 5.32 Å². The Morgan fingerprint density at radius 1 is 1.18 bits per heavy atom. The van der Waals surface area contributed by atoms with E-state index in [4.69, 9.17) is 4.74 Å². The molecule has 3 rings (SSSR count). The van der Waals surface area contributed by atoms with E-state index >= 15 is 0 Å². The summed E-state index contributed by atoms with van der Waals surface area (Å²) in [4.78, 5) is 37.1. The van der Waals surface area contributed by atoms with Crippen molar-refractivity contribution in [2.24, 2.45) is 0 Å². The number of nitro benzene ring substituents is 1. The Balaban J connectivity index is 1.89. The van der Waals surface area contributed by atoms with Crippen molar-refractivity contribution in [3.05, 3.63) is 51.2 Å². The molecule has 0 spiro atoms. The standard InChI is InChI=1S/C20H25N3O5/c1-13-17(19(24)28-16-7-5-3-4-6-8-16)18(21-20(25)22(13)2)14-9-11-15(12-10-14)23(26)27/h9-12,16,18H,3-8H2,1-2H3,(H,21,25). The zero-order valence-corrected chi connectivity index (χ0v) is 16.1. The van der Waals surface area contributed by atoms with Crippen molar-refractivity contribution in [2.75, 3.05) is 7.05 Å². The number of urea groups is 1. The first kappa shape index (κ1) is 19.9. The van der Waals surface area contributed by atoms with E-state index in [0.29, 0.717) is 16.8 Å². The Bertz CT molecular complexity index is 795. The molecule has 0 radical (unpaired) electrons. The molecule has 28 heavy (non-hydrogen) atoms. The largest absolute Gasteiger partial charge is 0.459 e. The highest BCUT2D eigenvalue weighted by Crippen LogP contribution is 2.32. The smallest absolute Gasteiger partial charge is 0.338 e. The molecule has 1 aromatic carbocycles. The fourth-order valence-electron chi connectivity index (χ4n) is 3.71. The number of nitrogens with zero attached hydrogens (tertiary/aromatic N) is 2. The van der Waals surface area contributed by atoms with E-state index in [0.717, 1.165) is 38.5 Å². The van der Waals surface area contributed by atoms with E-state index in [1.165, 1.54) is 17.0 Å². The molecule has 1 fully saturated rings. The number of hydrogen-bond acceptors (Lipinski definition) is 5. The number of hydrogen-bond donors (Lipinski definition) is 1. The Morgan fingerprint density at radius 3 is 2.36 bits per heavy atom. The van der Waals surface area contributed by atoms with Gasteiger partial charge in [0.15, 0.2) is 0 Å². The van der Waals surface area contributed by atoms with Crippen molar-refractivity contribution < 1.29 is 19.2 Å². The van der Waals surface area contributed by atoms with E-state index < -0.39 is 16.9 Å². The fourth-order valence-corrected chi connectivity index (χ4v) is 3.71. The molecule has 0 saturated heterocycles. The average molecular weight is 387 g/mol. The normalized spacial score (nSPS) is 21.1. The maximum atomic E-state index is 13.0. The summed E-state index contributed by atoms with van der Waals surface area (Å²) in [5, 5.41) is 13.7. The SMILES string of the molecule is CC1=C(C(=O)OC2CCCCCC2)C(c2ccc([N+](=O)[O-])cc2)NC(=O)N1C. The van der Waals surface area contributed by atoms with Gasteiger partial charge in [0.25, 0.3) is 5.69 Å². The summed E-state index contributed by atoms with van der Waals surface area (Å²) in [6, 6.07) is 4.79. The monoisotopic (exact) mass is 387 g/mol. The van der Waals surface area contributed by atoms with Crippen LogP contribution < -0.4 is 5.32 Å². The third kappa shape index (κ3) is 4.16. The van der Waals surface area contributed by atoms with E-state index in [-0.39, 0.29) is 17.8 Å². The molecule has 8 heteroatoms. The van der Waals surface area contributed by atoms with Crippen molar-refractivity contribution in [3.63, 3.8) is 0 Å². The van der Waals surface area contributed by atoms with E-state index in [1.807, 2.05) is 0 Å². The summed E-state index contributed by atoms with van der Waals surface area (Å²) in [7, 11) is 1.59. The first-order chi connectivity index (χ1) is 13.4. The van der Waals surface area contributed by atoms with Crippen LogP contribution in [0.15, 0.2) is 35.5 Å². The van der Waals surface area contributed by atoms with Crippen molar-refractivity contribution in [1.82, 2.24) is 10.2 Å². The molecule has 150 valence electrons. The van der Waals surface area contributed by atoms with Crippen LogP contribution in [0, 0.1) is 10.1 Å². The number of amides is 2. The Labute approximate surface area is 163 Å². The molecule has 1 unspecified atom stereocenters. The second-order valence-electron chi connectivity index (χ2n) is 7.31. The minimum Gasteiger partial charge on any atom is -0.459 e. The zero-order chi connectivity index (χ0) is 20.3. The van der Waals surface area contributed by atoms with Crippen LogP contribution in [0.25, 0.3) is 0 Å². The summed E-state index contributed by atoms with van der Waals surface area (Å²) in [6.45, 7) is 1.71. The van der Waals surface area contributed by atoms with Crippen LogP contribution in [0.1, 0.15) is 57.1 Å². The molecule has 1 atom stereocenters. The highest BCUT2D eigenvalue weighted by molar-refractivity contribution is 5.95. The number of nitro groups is 1. The van der Waals surface area contributed by atoms with Crippen LogP contribution in [0.4, 0.5) is 10.5 Å². The Hall–Kier alpha value is -2.90. The van der Waals surface area contributed by atoms with Gasteiger partial charge in [-0.05, 0) is 50.3 Å². The predicted octanol–water partition coefficient (Wildman–Crippen LogP) is 3.83. The van der Waals surface area contributed by atoms with Gasteiger partial charge in [-0.2, -0.15) is 0 Å². The van der Waals surface area contributed by atoms with Crippen LogP contribution >= 0.6 is 0 Å². The maximum Gasteiger partial charge on any atom is 0.338 e. The lowest BCUT2D eigenvalue weighted by Crippen LogP contribution is -2.46. The number of ether oxygens (including phenoxy) is 1. The van der Waals surface area contributed by atoms with Gasteiger partial charge in [-0.3, -0.25) is 10.1 Å². The second kappa shape index (κ2) is 8.41. The molecule has 0 bridgehead atoms. The molecule has 1 heterocycles. The molecule has 1 aliphatic heterocycles. The van der Waals surface area contributed by atoms with Crippen LogP contribution in [0.5, 0.6) is 0 Å². The summed E-state index contributed by atoms with van der Waals surface area (Å²) in [6.07, 6.45) is 5.97. The number of esters is 1. The molecule has 1 saturated carbocycles. The minimum atomic E-state index is -0.706. The number of carbonyl (C=O) groups excluding carboxylic acids is 2. The number of carbonyl (C=O) groups is 2. The second-order valence-corrected chi connectivity index (χ2v) is 7.31. The van der Waals surface area contributed by atoms with Gasteiger partial charge in [-0.25, -0.2) is 9.59 Å². The average Bonchev–Trinajstić information content (AvgIpc) is 2.94. The van der Waals surface area contributed by atoms with Gasteiger partial charge in [-0.15, -0.1) is 0 Å². The number of allylic oxidation sites excluding steroid dienone is 1. The molecule has 8 nitrogen and oxygen atoms in total. The lowest BCUT2D eigenvalue weighted by Gasteiger charge is -2.33. The molecule has 1 aromatic rings. The van der Waals surface area contributed by atoms with Crippen molar-refractivity contribution in [3.8, 4) is 0 Å². The number of benzene rings is 1. The molecule has 0 aromatic heterocycles. The summed E-state index contributed by atoms with van der Waals surface area (Å²) in [5.74, 6) is -0.445. The van der Waals surface area contributed by atoms with Crippen LogP contribution in [-0.2, 0) is 9.53 Å². The molecule has 1 aliphatic carbocycles. The number of nitrogens with one attached hydrogen (secondary N) is 1. The number of non-ortho nitro benzene ring substituents is 1. The van der Waals surface area contributed by atoms with Gasteiger partial charge in [-0.1, -0.05) is 12.8 Å². The van der Waals surface area contributed by atoms with Gasteiger partial charge in [0.05, 0.1) is 16.5 Å². The molecule has 2 amide bonds. The topological polar surface area (TPSA) is 102 Å². The minimum absolute atomic E-state index is 0.0497. The van der Waals surface area contributed by atoms with Gasteiger partial charge in [0.1, 0.15) is 6.10 Å². The third-order valence-electron chi connectivity index (χ3n) is 5.49. The highest BCUT2D eigenvalue weighted by atomic mass is 16.6. The van der Waals surface area contributed by atoms with E-state index in [1.54, 1.807) is 26.1 Å². The number of rotatable bonds is 4. The van der Waals surface area contributed by atoms with Crippen molar-refractivity contribution in [2.45, 2.75) is 57.6 Å². The fraction of sp³-hybridized carbons (Fsp3) is 0.500. The summed E-state index contributed by atoms with van der Waals surface area (Å²) in [5.41, 5.74) is 1.43. The Kier molecular flexibility index (Phi) is 5.96.